The molecule has 3 rings (SSSR count). The first-order valence-corrected chi connectivity index (χ1v) is 8.79. The number of carbonyl (C=O) groups is 1. The summed E-state index contributed by atoms with van der Waals surface area (Å²) in [6, 6.07) is 12.7. The maximum atomic E-state index is 12.3. The normalized spacial score (nSPS) is 18.4. The number of rotatable bonds is 1. The summed E-state index contributed by atoms with van der Waals surface area (Å²) in [5.74, 6) is 0.352. The SMILES string of the molecule is CC(C)(C)OC(=O)N1CCC(c2cccc3cccc(Br)c23)C1. The summed E-state index contributed by atoms with van der Waals surface area (Å²) >= 11 is 3.67. The zero-order valence-electron chi connectivity index (χ0n) is 13.8. The van der Waals surface area contributed by atoms with Crippen LogP contribution in [0, 0.1) is 0 Å². The molecule has 2 aromatic rings. The van der Waals surface area contributed by atoms with E-state index in [0.29, 0.717) is 5.92 Å². The van der Waals surface area contributed by atoms with Gasteiger partial charge in [-0.15, -0.1) is 0 Å². The first kappa shape index (κ1) is 16.3. The first-order valence-electron chi connectivity index (χ1n) is 8.00. The van der Waals surface area contributed by atoms with Crippen LogP contribution in [0.25, 0.3) is 10.8 Å². The molecule has 1 fully saturated rings. The zero-order valence-corrected chi connectivity index (χ0v) is 15.4. The van der Waals surface area contributed by atoms with Crippen LogP contribution >= 0.6 is 15.9 Å². The quantitative estimate of drug-likeness (QED) is 0.674. The van der Waals surface area contributed by atoms with Crippen LogP contribution < -0.4 is 0 Å². The van der Waals surface area contributed by atoms with Gasteiger partial charge in [0.25, 0.3) is 0 Å². The molecular weight excluding hydrogens is 354 g/mol. The monoisotopic (exact) mass is 375 g/mol. The predicted molar refractivity (Wildman–Crippen MR) is 96.8 cm³/mol. The number of benzene rings is 2. The van der Waals surface area contributed by atoms with Crippen LogP contribution in [0.5, 0.6) is 0 Å². The molecule has 0 radical (unpaired) electrons. The first-order chi connectivity index (χ1) is 10.8. The van der Waals surface area contributed by atoms with Gasteiger partial charge in [0.15, 0.2) is 0 Å². The molecule has 122 valence electrons. The lowest BCUT2D eigenvalue weighted by Crippen LogP contribution is -2.35. The van der Waals surface area contributed by atoms with Gasteiger partial charge in [0, 0.05) is 23.5 Å². The van der Waals surface area contributed by atoms with Gasteiger partial charge in [-0.1, -0.05) is 46.3 Å². The molecule has 2 aromatic carbocycles. The van der Waals surface area contributed by atoms with E-state index in [9.17, 15) is 4.79 Å². The predicted octanol–water partition coefficient (Wildman–Crippen LogP) is 5.33. The van der Waals surface area contributed by atoms with Crippen LogP contribution in [0.3, 0.4) is 0 Å². The molecule has 0 spiro atoms. The van der Waals surface area contributed by atoms with Crippen molar-refractivity contribution in [1.82, 2.24) is 4.90 Å². The molecule has 1 atom stereocenters. The Morgan fingerprint density at radius 2 is 1.91 bits per heavy atom. The van der Waals surface area contributed by atoms with E-state index in [0.717, 1.165) is 24.0 Å². The van der Waals surface area contributed by atoms with Crippen molar-refractivity contribution in [2.45, 2.75) is 38.7 Å². The van der Waals surface area contributed by atoms with Crippen LogP contribution in [0.1, 0.15) is 38.7 Å². The largest absolute Gasteiger partial charge is 0.444 e. The Morgan fingerprint density at radius 1 is 1.22 bits per heavy atom. The van der Waals surface area contributed by atoms with Gasteiger partial charge >= 0.3 is 6.09 Å². The van der Waals surface area contributed by atoms with Crippen molar-refractivity contribution in [1.29, 1.82) is 0 Å². The molecule has 3 nitrogen and oxygen atoms in total. The topological polar surface area (TPSA) is 29.5 Å². The molecule has 1 aliphatic heterocycles. The number of amides is 1. The second-order valence-electron chi connectivity index (χ2n) is 7.10. The minimum atomic E-state index is -0.447. The lowest BCUT2D eigenvalue weighted by Gasteiger charge is -2.24. The molecular formula is C19H22BrNO2. The number of nitrogens with zero attached hydrogens (tertiary/aromatic N) is 1. The number of halogens is 1. The van der Waals surface area contributed by atoms with Crippen molar-refractivity contribution in [2.24, 2.45) is 0 Å². The van der Waals surface area contributed by atoms with Crippen LogP contribution in [-0.2, 0) is 4.74 Å². The fourth-order valence-corrected chi connectivity index (χ4v) is 3.78. The van der Waals surface area contributed by atoms with Crippen molar-refractivity contribution in [2.75, 3.05) is 13.1 Å². The van der Waals surface area contributed by atoms with Gasteiger partial charge in [-0.25, -0.2) is 4.79 Å². The van der Waals surface area contributed by atoms with Crippen molar-refractivity contribution >= 4 is 32.8 Å². The van der Waals surface area contributed by atoms with Gasteiger partial charge in [-0.2, -0.15) is 0 Å². The highest BCUT2D eigenvalue weighted by Gasteiger charge is 2.31. The molecule has 0 aromatic heterocycles. The number of likely N-dealkylation sites (tertiary alicyclic amines) is 1. The van der Waals surface area contributed by atoms with Gasteiger partial charge in [0.2, 0.25) is 0 Å². The van der Waals surface area contributed by atoms with E-state index in [-0.39, 0.29) is 6.09 Å². The van der Waals surface area contributed by atoms with Crippen LogP contribution in [-0.4, -0.2) is 29.7 Å². The van der Waals surface area contributed by atoms with Crippen molar-refractivity contribution in [3.8, 4) is 0 Å². The summed E-state index contributed by atoms with van der Waals surface area (Å²) in [6.45, 7) is 7.18. The van der Waals surface area contributed by atoms with E-state index in [2.05, 4.69) is 52.3 Å². The summed E-state index contributed by atoms with van der Waals surface area (Å²) in [5, 5.41) is 2.48. The molecule has 1 amide bonds. The third-order valence-electron chi connectivity index (χ3n) is 4.17. The summed E-state index contributed by atoms with van der Waals surface area (Å²) in [5.41, 5.74) is 0.860. The minimum Gasteiger partial charge on any atom is -0.444 e. The van der Waals surface area contributed by atoms with E-state index in [4.69, 9.17) is 4.74 Å². The summed E-state index contributed by atoms with van der Waals surface area (Å²) < 4.78 is 6.61. The second kappa shape index (κ2) is 6.16. The molecule has 1 saturated heterocycles. The number of hydrogen-bond acceptors (Lipinski definition) is 2. The van der Waals surface area contributed by atoms with Gasteiger partial charge in [0.05, 0.1) is 0 Å². The molecule has 23 heavy (non-hydrogen) atoms. The Labute approximate surface area is 145 Å². The molecule has 1 unspecified atom stereocenters. The maximum Gasteiger partial charge on any atom is 0.410 e. The third-order valence-corrected chi connectivity index (χ3v) is 4.83. The van der Waals surface area contributed by atoms with Crippen LogP contribution in [0.2, 0.25) is 0 Å². The van der Waals surface area contributed by atoms with Gasteiger partial charge in [0.1, 0.15) is 5.60 Å². The highest BCUT2D eigenvalue weighted by Crippen LogP contribution is 2.36. The van der Waals surface area contributed by atoms with E-state index in [1.54, 1.807) is 0 Å². The van der Waals surface area contributed by atoms with Crippen LogP contribution in [0.15, 0.2) is 40.9 Å². The molecule has 1 aliphatic rings. The minimum absolute atomic E-state index is 0.209. The average molecular weight is 376 g/mol. The molecule has 4 heteroatoms. The van der Waals surface area contributed by atoms with E-state index >= 15 is 0 Å². The Bertz CT molecular complexity index is 730. The van der Waals surface area contributed by atoms with Gasteiger partial charge < -0.3 is 9.64 Å². The van der Waals surface area contributed by atoms with E-state index < -0.39 is 5.60 Å². The van der Waals surface area contributed by atoms with E-state index in [1.807, 2.05) is 25.7 Å². The molecule has 0 N–H and O–H groups in total. The fraction of sp³-hybridized carbons (Fsp3) is 0.421. The Balaban J connectivity index is 1.84. The molecule has 1 heterocycles. The van der Waals surface area contributed by atoms with Crippen molar-refractivity contribution in [3.63, 3.8) is 0 Å². The second-order valence-corrected chi connectivity index (χ2v) is 7.95. The summed E-state index contributed by atoms with van der Waals surface area (Å²) in [7, 11) is 0. The lowest BCUT2D eigenvalue weighted by atomic mass is 9.93. The summed E-state index contributed by atoms with van der Waals surface area (Å²) in [4.78, 5) is 14.1. The standard InChI is InChI=1S/C19H22BrNO2/c1-19(2,3)23-18(22)21-11-10-14(12-21)15-8-4-6-13-7-5-9-16(20)17(13)15/h4-9,14H,10-12H2,1-3H3. The third kappa shape index (κ3) is 3.52. The molecule has 0 bridgehead atoms. The number of carbonyl (C=O) groups excluding carboxylic acids is 1. The van der Waals surface area contributed by atoms with Crippen molar-refractivity contribution in [3.05, 3.63) is 46.4 Å². The summed E-state index contributed by atoms with van der Waals surface area (Å²) in [6.07, 6.45) is 0.763. The van der Waals surface area contributed by atoms with Gasteiger partial charge in [-0.05, 0) is 49.6 Å². The highest BCUT2D eigenvalue weighted by atomic mass is 79.9. The number of fused-ring (bicyclic) bond motifs is 1. The Morgan fingerprint density at radius 3 is 2.61 bits per heavy atom. The fourth-order valence-electron chi connectivity index (χ4n) is 3.17. The Hall–Kier alpha value is -1.55. The molecule has 0 aliphatic carbocycles. The maximum absolute atomic E-state index is 12.3. The average Bonchev–Trinajstić information content (AvgIpc) is 2.95. The zero-order chi connectivity index (χ0) is 16.6. The van der Waals surface area contributed by atoms with Crippen molar-refractivity contribution < 1.29 is 9.53 Å². The molecule has 0 saturated carbocycles. The number of hydrogen-bond donors (Lipinski definition) is 0. The lowest BCUT2D eigenvalue weighted by molar-refractivity contribution is 0.0292. The number of ether oxygens (including phenoxy) is 1. The smallest absolute Gasteiger partial charge is 0.410 e. The Kier molecular flexibility index (Phi) is 4.37. The van der Waals surface area contributed by atoms with Gasteiger partial charge in [-0.3, -0.25) is 0 Å². The van der Waals surface area contributed by atoms with Crippen LogP contribution in [0.4, 0.5) is 4.79 Å². The highest BCUT2D eigenvalue weighted by molar-refractivity contribution is 9.10. The van der Waals surface area contributed by atoms with E-state index in [1.165, 1.54) is 16.3 Å².